The smallest absolute Gasteiger partial charge is 0.225 e. The van der Waals surface area contributed by atoms with Crippen LogP contribution in [0.25, 0.3) is 0 Å². The molecule has 3 aromatic rings. The molecule has 1 aromatic heterocycles. The molecule has 1 aliphatic heterocycles. The number of guanidine groups is 1. The number of pyridine rings is 1. The number of aromatic nitrogens is 1. The molecule has 2 aromatic carbocycles. The van der Waals surface area contributed by atoms with Crippen LogP contribution < -0.4 is 20.7 Å². The minimum atomic E-state index is 0. The van der Waals surface area contributed by atoms with E-state index in [1.165, 1.54) is 0 Å². The van der Waals surface area contributed by atoms with Gasteiger partial charge in [0, 0.05) is 37.3 Å². The maximum Gasteiger partial charge on any atom is 0.225 e. The van der Waals surface area contributed by atoms with E-state index < -0.39 is 0 Å². The molecular formula is C26H30IN5O2. The van der Waals surface area contributed by atoms with Crippen molar-refractivity contribution in [3.8, 4) is 5.75 Å². The highest BCUT2D eigenvalue weighted by Crippen LogP contribution is 2.31. The van der Waals surface area contributed by atoms with Crippen LogP contribution >= 0.6 is 24.0 Å². The Balaban J connectivity index is 0.00000324. The van der Waals surface area contributed by atoms with Crippen molar-refractivity contribution in [1.82, 2.24) is 15.6 Å². The number of carbonyl (C=O) groups excluding carboxylic acids is 1. The maximum absolute atomic E-state index is 12.1. The normalized spacial score (nSPS) is 14.9. The van der Waals surface area contributed by atoms with Crippen LogP contribution in [0.2, 0.25) is 0 Å². The molecule has 1 unspecified atom stereocenters. The fourth-order valence-electron chi connectivity index (χ4n) is 3.75. The van der Waals surface area contributed by atoms with Crippen LogP contribution in [0.1, 0.15) is 36.1 Å². The van der Waals surface area contributed by atoms with Crippen LogP contribution in [0, 0.1) is 0 Å². The fraction of sp³-hybridized carbons (Fsp3) is 0.269. The summed E-state index contributed by atoms with van der Waals surface area (Å²) in [7, 11) is 0. The lowest BCUT2D eigenvalue weighted by atomic mass is 9.90. The van der Waals surface area contributed by atoms with Gasteiger partial charge in [0.15, 0.2) is 5.96 Å². The molecule has 0 bridgehead atoms. The van der Waals surface area contributed by atoms with E-state index in [2.05, 4.69) is 27.0 Å². The van der Waals surface area contributed by atoms with E-state index in [1.807, 2.05) is 67.6 Å². The Morgan fingerprint density at radius 3 is 2.65 bits per heavy atom. The third-order valence-electron chi connectivity index (χ3n) is 5.42. The largest absolute Gasteiger partial charge is 0.487 e. The number of ether oxygens (including phenoxy) is 1. The van der Waals surface area contributed by atoms with Gasteiger partial charge in [-0.1, -0.05) is 36.4 Å². The quantitative estimate of drug-likeness (QED) is 0.211. The van der Waals surface area contributed by atoms with E-state index in [0.29, 0.717) is 26.1 Å². The molecule has 2 heterocycles. The van der Waals surface area contributed by atoms with Crippen molar-refractivity contribution in [3.63, 3.8) is 0 Å². The number of hydrogen-bond donors (Lipinski definition) is 3. The highest BCUT2D eigenvalue weighted by molar-refractivity contribution is 14.0. The van der Waals surface area contributed by atoms with E-state index >= 15 is 0 Å². The average Bonchev–Trinajstić information content (AvgIpc) is 2.85. The van der Waals surface area contributed by atoms with Gasteiger partial charge in [-0.3, -0.25) is 9.78 Å². The Hall–Kier alpha value is -3.14. The standard InChI is InChI=1S/C26H29N5O2.HI/c1-2-27-26(30-17-20-15-25(32)31-24-9-4-3-8-23(20)24)29-16-19-10-12-22(13-11-19)33-18-21-7-5-6-14-28-21;/h3-14,20H,2,15-18H2,1H3,(H,31,32)(H2,27,29,30);1H. The van der Waals surface area contributed by atoms with Crippen molar-refractivity contribution in [2.24, 2.45) is 4.99 Å². The molecule has 8 heteroatoms. The Bertz CT molecular complexity index is 1090. The van der Waals surface area contributed by atoms with Crippen LogP contribution in [0.15, 0.2) is 77.9 Å². The van der Waals surface area contributed by atoms with E-state index in [9.17, 15) is 4.79 Å². The molecule has 0 radical (unpaired) electrons. The molecule has 0 spiro atoms. The number of nitrogens with zero attached hydrogens (tertiary/aromatic N) is 2. The second-order valence-electron chi connectivity index (χ2n) is 7.87. The van der Waals surface area contributed by atoms with E-state index in [4.69, 9.17) is 9.73 Å². The zero-order chi connectivity index (χ0) is 22.9. The van der Waals surface area contributed by atoms with Gasteiger partial charge in [-0.2, -0.15) is 0 Å². The molecular weight excluding hydrogens is 541 g/mol. The van der Waals surface area contributed by atoms with Gasteiger partial charge >= 0.3 is 0 Å². The highest BCUT2D eigenvalue weighted by Gasteiger charge is 2.24. The first kappa shape index (κ1) is 25.5. The van der Waals surface area contributed by atoms with Crippen molar-refractivity contribution >= 4 is 41.5 Å². The molecule has 34 heavy (non-hydrogen) atoms. The van der Waals surface area contributed by atoms with Crippen molar-refractivity contribution in [3.05, 3.63) is 89.7 Å². The number of hydrogen-bond acceptors (Lipinski definition) is 4. The SMILES string of the molecule is CCNC(=NCc1ccc(OCc2ccccn2)cc1)NCC1CC(=O)Nc2ccccc21.I. The molecule has 4 rings (SSSR count). The molecule has 0 saturated carbocycles. The summed E-state index contributed by atoms with van der Waals surface area (Å²) < 4.78 is 5.80. The fourth-order valence-corrected chi connectivity index (χ4v) is 3.75. The Labute approximate surface area is 217 Å². The summed E-state index contributed by atoms with van der Waals surface area (Å²) in [5, 5.41) is 9.63. The number of halogens is 1. The zero-order valence-corrected chi connectivity index (χ0v) is 21.5. The number of aliphatic imine (C=N–C) groups is 1. The first-order valence-corrected chi connectivity index (χ1v) is 11.2. The summed E-state index contributed by atoms with van der Waals surface area (Å²) in [5.41, 5.74) is 4.03. The lowest BCUT2D eigenvalue weighted by molar-refractivity contribution is -0.116. The van der Waals surface area contributed by atoms with Crippen LogP contribution in [0.3, 0.4) is 0 Å². The molecule has 1 amide bonds. The van der Waals surface area contributed by atoms with Gasteiger partial charge in [-0.25, -0.2) is 4.99 Å². The molecule has 0 saturated heterocycles. The average molecular weight is 571 g/mol. The number of carbonyl (C=O) groups is 1. The maximum atomic E-state index is 12.1. The van der Waals surface area contributed by atoms with Crippen molar-refractivity contribution in [2.45, 2.75) is 32.4 Å². The predicted octanol–water partition coefficient (Wildman–Crippen LogP) is 4.46. The van der Waals surface area contributed by atoms with Crippen molar-refractivity contribution in [1.29, 1.82) is 0 Å². The molecule has 7 nitrogen and oxygen atoms in total. The third-order valence-corrected chi connectivity index (χ3v) is 5.42. The lowest BCUT2D eigenvalue weighted by Gasteiger charge is -2.26. The van der Waals surface area contributed by atoms with E-state index in [-0.39, 0.29) is 35.8 Å². The second kappa shape index (κ2) is 12.9. The van der Waals surface area contributed by atoms with Gasteiger partial charge in [0.05, 0.1) is 12.2 Å². The van der Waals surface area contributed by atoms with Crippen molar-refractivity contribution in [2.75, 3.05) is 18.4 Å². The molecule has 1 aliphatic rings. The number of rotatable bonds is 8. The lowest BCUT2D eigenvalue weighted by Crippen LogP contribution is -2.40. The topological polar surface area (TPSA) is 87.6 Å². The van der Waals surface area contributed by atoms with Gasteiger partial charge < -0.3 is 20.7 Å². The van der Waals surface area contributed by atoms with Crippen molar-refractivity contribution < 1.29 is 9.53 Å². The second-order valence-corrected chi connectivity index (χ2v) is 7.87. The monoisotopic (exact) mass is 571 g/mol. The number of nitrogens with one attached hydrogen (secondary N) is 3. The number of fused-ring (bicyclic) bond motifs is 1. The summed E-state index contributed by atoms with van der Waals surface area (Å²) in [6, 6.07) is 21.7. The highest BCUT2D eigenvalue weighted by atomic mass is 127. The summed E-state index contributed by atoms with van der Waals surface area (Å²) in [6.07, 6.45) is 2.22. The van der Waals surface area contributed by atoms with Gasteiger partial charge in [-0.05, 0) is 48.4 Å². The van der Waals surface area contributed by atoms with E-state index in [0.717, 1.165) is 40.8 Å². The van der Waals surface area contributed by atoms with E-state index in [1.54, 1.807) is 6.20 Å². The minimum absolute atomic E-state index is 0. The van der Waals surface area contributed by atoms with Crippen LogP contribution in [-0.4, -0.2) is 29.9 Å². The minimum Gasteiger partial charge on any atom is -0.487 e. The van der Waals surface area contributed by atoms with Crippen LogP contribution in [-0.2, 0) is 17.9 Å². The van der Waals surface area contributed by atoms with Gasteiger partial charge in [0.1, 0.15) is 12.4 Å². The molecule has 0 aliphatic carbocycles. The number of para-hydroxylation sites is 1. The first-order chi connectivity index (χ1) is 16.2. The number of anilines is 1. The molecule has 1 atom stereocenters. The summed E-state index contributed by atoms with van der Waals surface area (Å²) >= 11 is 0. The third kappa shape index (κ3) is 7.18. The summed E-state index contributed by atoms with van der Waals surface area (Å²) in [6.45, 7) is 4.41. The molecule has 0 fully saturated rings. The van der Waals surface area contributed by atoms with Gasteiger partial charge in [0.2, 0.25) is 5.91 Å². The Kier molecular flexibility index (Phi) is 9.69. The van der Waals surface area contributed by atoms with Crippen LogP contribution in [0.5, 0.6) is 5.75 Å². The number of amides is 1. The van der Waals surface area contributed by atoms with Gasteiger partial charge in [0.25, 0.3) is 0 Å². The van der Waals surface area contributed by atoms with Gasteiger partial charge in [-0.15, -0.1) is 24.0 Å². The van der Waals surface area contributed by atoms with Crippen LogP contribution in [0.4, 0.5) is 5.69 Å². The molecule has 3 N–H and O–H groups in total. The Morgan fingerprint density at radius 1 is 1.09 bits per heavy atom. The Morgan fingerprint density at radius 2 is 1.88 bits per heavy atom. The zero-order valence-electron chi connectivity index (χ0n) is 19.2. The molecule has 178 valence electrons. The predicted molar refractivity (Wildman–Crippen MR) is 146 cm³/mol. The number of benzene rings is 2. The summed E-state index contributed by atoms with van der Waals surface area (Å²) in [5.74, 6) is 1.69. The first-order valence-electron chi connectivity index (χ1n) is 11.2. The summed E-state index contributed by atoms with van der Waals surface area (Å²) in [4.78, 5) is 21.0.